The summed E-state index contributed by atoms with van der Waals surface area (Å²) in [4.78, 5) is 36.8. The smallest absolute Gasteiger partial charge is 0.335 e. The molecule has 0 bridgehead atoms. The summed E-state index contributed by atoms with van der Waals surface area (Å²) in [5.41, 5.74) is 6.59. The van der Waals surface area contributed by atoms with E-state index in [0.717, 1.165) is 16.7 Å². The molecule has 1 aliphatic rings. The van der Waals surface area contributed by atoms with Gasteiger partial charge in [0.05, 0.1) is 17.5 Å². The van der Waals surface area contributed by atoms with Crippen molar-refractivity contribution >= 4 is 46.6 Å². The van der Waals surface area contributed by atoms with Gasteiger partial charge in [-0.25, -0.2) is 9.69 Å². The van der Waals surface area contributed by atoms with Gasteiger partial charge < -0.3 is 15.9 Å². The Morgan fingerprint density at radius 2 is 1.86 bits per heavy atom. The molecule has 2 aromatic carbocycles. The SMILES string of the molecule is NC(=NN=Cc1ccccc1O)SC1CC(=O)N(c2ccc(C(=O)O)cc2)C1=O. The lowest BCUT2D eigenvalue weighted by atomic mass is 10.2. The average molecular weight is 412 g/mol. The van der Waals surface area contributed by atoms with E-state index >= 15 is 0 Å². The standard InChI is InChI=1S/C19H16N4O5S/c20-19(22-21-10-12-3-1-2-4-14(12)24)29-15-9-16(25)23(17(15)26)13-7-5-11(6-8-13)18(27)28/h1-8,10,15,24H,9H2,(H2,20,22)(H,27,28). The predicted molar refractivity (Wildman–Crippen MR) is 109 cm³/mol. The molecule has 2 aromatic rings. The second-order valence-electron chi connectivity index (χ2n) is 5.97. The van der Waals surface area contributed by atoms with Gasteiger partial charge >= 0.3 is 5.97 Å². The second kappa shape index (κ2) is 8.57. The molecule has 1 saturated heterocycles. The van der Waals surface area contributed by atoms with Crippen LogP contribution < -0.4 is 10.6 Å². The monoisotopic (exact) mass is 412 g/mol. The fraction of sp³-hybridized carbons (Fsp3) is 0.105. The highest BCUT2D eigenvalue weighted by atomic mass is 32.2. The molecule has 1 heterocycles. The number of carbonyl (C=O) groups is 3. The third-order valence-electron chi connectivity index (χ3n) is 4.03. The minimum Gasteiger partial charge on any atom is -0.507 e. The number of anilines is 1. The molecule has 1 atom stereocenters. The van der Waals surface area contributed by atoms with Gasteiger partial charge in [0.15, 0.2) is 5.17 Å². The number of amides is 2. The van der Waals surface area contributed by atoms with E-state index in [2.05, 4.69) is 10.2 Å². The number of carboxylic acids is 1. The van der Waals surface area contributed by atoms with E-state index < -0.39 is 23.0 Å². The van der Waals surface area contributed by atoms with Crippen LogP contribution in [0.25, 0.3) is 0 Å². The number of nitrogens with two attached hydrogens (primary N) is 1. The summed E-state index contributed by atoms with van der Waals surface area (Å²) in [6.45, 7) is 0. The van der Waals surface area contributed by atoms with Crippen LogP contribution in [0, 0.1) is 0 Å². The number of nitrogens with zero attached hydrogens (tertiary/aromatic N) is 3. The van der Waals surface area contributed by atoms with Crippen LogP contribution in [0.3, 0.4) is 0 Å². The van der Waals surface area contributed by atoms with Crippen molar-refractivity contribution < 1.29 is 24.6 Å². The topological polar surface area (TPSA) is 146 Å². The highest BCUT2D eigenvalue weighted by Crippen LogP contribution is 2.30. The molecule has 0 saturated carbocycles. The van der Waals surface area contributed by atoms with Crippen LogP contribution in [0.1, 0.15) is 22.3 Å². The first-order chi connectivity index (χ1) is 13.9. The first-order valence-corrected chi connectivity index (χ1v) is 9.26. The Morgan fingerprint density at radius 1 is 1.17 bits per heavy atom. The van der Waals surface area contributed by atoms with Gasteiger partial charge in [-0.1, -0.05) is 23.9 Å². The number of rotatable bonds is 5. The van der Waals surface area contributed by atoms with Gasteiger partial charge in [-0.05, 0) is 36.4 Å². The van der Waals surface area contributed by atoms with Crippen molar-refractivity contribution in [1.29, 1.82) is 0 Å². The average Bonchev–Trinajstić information content (AvgIpc) is 2.96. The molecule has 1 unspecified atom stereocenters. The van der Waals surface area contributed by atoms with Gasteiger partial charge in [-0.15, -0.1) is 5.10 Å². The Morgan fingerprint density at radius 3 is 2.52 bits per heavy atom. The van der Waals surface area contributed by atoms with Crippen LogP contribution in [-0.2, 0) is 9.59 Å². The molecular formula is C19H16N4O5S. The fourth-order valence-corrected chi connectivity index (χ4v) is 3.45. The molecule has 1 aliphatic heterocycles. The molecule has 9 nitrogen and oxygen atoms in total. The van der Waals surface area contributed by atoms with Crippen molar-refractivity contribution in [3.63, 3.8) is 0 Å². The predicted octanol–water partition coefficient (Wildman–Crippen LogP) is 1.80. The molecular weight excluding hydrogens is 396 g/mol. The summed E-state index contributed by atoms with van der Waals surface area (Å²) < 4.78 is 0. The second-order valence-corrected chi connectivity index (χ2v) is 7.19. The highest BCUT2D eigenvalue weighted by Gasteiger charge is 2.40. The molecule has 29 heavy (non-hydrogen) atoms. The van der Waals surface area contributed by atoms with E-state index in [1.54, 1.807) is 18.2 Å². The zero-order chi connectivity index (χ0) is 21.0. The Kier molecular flexibility index (Phi) is 5.93. The molecule has 0 radical (unpaired) electrons. The zero-order valence-electron chi connectivity index (χ0n) is 14.9. The zero-order valence-corrected chi connectivity index (χ0v) is 15.7. The van der Waals surface area contributed by atoms with E-state index in [-0.39, 0.29) is 22.9 Å². The van der Waals surface area contributed by atoms with Crippen molar-refractivity contribution in [1.82, 2.24) is 0 Å². The van der Waals surface area contributed by atoms with Crippen LogP contribution in [-0.4, -0.2) is 44.6 Å². The molecule has 2 amide bonds. The minimum absolute atomic E-state index is 0.00843. The molecule has 0 aromatic heterocycles. The molecule has 148 valence electrons. The summed E-state index contributed by atoms with van der Waals surface area (Å²) in [5, 5.41) is 25.4. The van der Waals surface area contributed by atoms with Crippen molar-refractivity contribution in [2.24, 2.45) is 15.9 Å². The lowest BCUT2D eigenvalue weighted by molar-refractivity contribution is -0.121. The third kappa shape index (κ3) is 4.61. The van der Waals surface area contributed by atoms with E-state index in [1.165, 1.54) is 36.5 Å². The van der Waals surface area contributed by atoms with Crippen LogP contribution in [0.15, 0.2) is 58.7 Å². The molecule has 3 rings (SSSR count). The number of aromatic hydroxyl groups is 1. The maximum absolute atomic E-state index is 12.6. The number of phenols is 1. The number of imide groups is 1. The number of hydrogen-bond acceptors (Lipinski definition) is 7. The largest absolute Gasteiger partial charge is 0.507 e. The number of thioether (sulfide) groups is 1. The summed E-state index contributed by atoms with van der Waals surface area (Å²) in [5.74, 6) is -1.94. The molecule has 1 fully saturated rings. The Bertz CT molecular complexity index is 1020. The van der Waals surface area contributed by atoms with Gasteiger partial charge in [-0.3, -0.25) is 9.59 Å². The summed E-state index contributed by atoms with van der Waals surface area (Å²) in [6.07, 6.45) is 1.25. The number of aromatic carboxylic acids is 1. The quantitative estimate of drug-likeness (QED) is 0.294. The molecule has 0 spiro atoms. The maximum atomic E-state index is 12.6. The van der Waals surface area contributed by atoms with Crippen molar-refractivity contribution in [3.05, 3.63) is 59.7 Å². The maximum Gasteiger partial charge on any atom is 0.335 e. The number of carbonyl (C=O) groups excluding carboxylic acids is 2. The van der Waals surface area contributed by atoms with Gasteiger partial charge in [0.2, 0.25) is 11.8 Å². The Hall–Kier alpha value is -3.66. The highest BCUT2D eigenvalue weighted by molar-refractivity contribution is 8.14. The third-order valence-corrected chi connectivity index (χ3v) is 5.01. The summed E-state index contributed by atoms with van der Waals surface area (Å²) in [7, 11) is 0. The van der Waals surface area contributed by atoms with Gasteiger partial charge in [0.1, 0.15) is 11.0 Å². The number of para-hydroxylation sites is 1. The van der Waals surface area contributed by atoms with Gasteiger partial charge in [-0.2, -0.15) is 5.10 Å². The van der Waals surface area contributed by atoms with Gasteiger partial charge in [0, 0.05) is 12.0 Å². The Balaban J connectivity index is 1.67. The lowest BCUT2D eigenvalue weighted by Crippen LogP contribution is -2.31. The first kappa shape index (κ1) is 20.1. The van der Waals surface area contributed by atoms with E-state index in [0.29, 0.717) is 11.3 Å². The number of amidine groups is 1. The molecule has 10 heteroatoms. The minimum atomic E-state index is -1.10. The number of phenolic OH excluding ortho intramolecular Hbond substituents is 1. The first-order valence-electron chi connectivity index (χ1n) is 8.38. The van der Waals surface area contributed by atoms with Crippen LogP contribution in [0.2, 0.25) is 0 Å². The van der Waals surface area contributed by atoms with Crippen LogP contribution >= 0.6 is 11.8 Å². The Labute approximate surface area is 169 Å². The van der Waals surface area contributed by atoms with Crippen molar-refractivity contribution in [2.45, 2.75) is 11.7 Å². The van der Waals surface area contributed by atoms with Gasteiger partial charge in [0.25, 0.3) is 0 Å². The number of carboxylic acid groups (broad SMARTS) is 1. The molecule has 0 aliphatic carbocycles. The number of benzene rings is 2. The van der Waals surface area contributed by atoms with Crippen LogP contribution in [0.5, 0.6) is 5.75 Å². The summed E-state index contributed by atoms with van der Waals surface area (Å²) >= 11 is 0.910. The fourth-order valence-electron chi connectivity index (χ4n) is 2.63. The molecule has 4 N–H and O–H groups in total. The van der Waals surface area contributed by atoms with Crippen molar-refractivity contribution in [2.75, 3.05) is 4.90 Å². The number of hydrogen-bond donors (Lipinski definition) is 3. The van der Waals surface area contributed by atoms with E-state index in [1.807, 2.05) is 0 Å². The van der Waals surface area contributed by atoms with Crippen molar-refractivity contribution in [3.8, 4) is 5.75 Å². The van der Waals surface area contributed by atoms with E-state index in [4.69, 9.17) is 10.8 Å². The van der Waals surface area contributed by atoms with E-state index in [9.17, 15) is 19.5 Å². The normalized spacial score (nSPS) is 17.3. The van der Waals surface area contributed by atoms with Crippen LogP contribution in [0.4, 0.5) is 5.69 Å². The summed E-state index contributed by atoms with van der Waals surface area (Å²) in [6, 6.07) is 12.0. The lowest BCUT2D eigenvalue weighted by Gasteiger charge is -2.14.